The summed E-state index contributed by atoms with van der Waals surface area (Å²) in [6, 6.07) is 5.91. The van der Waals surface area contributed by atoms with Crippen LogP contribution >= 0.6 is 11.8 Å². The molecule has 1 aromatic rings. The van der Waals surface area contributed by atoms with Crippen LogP contribution in [-0.2, 0) is 11.3 Å². The summed E-state index contributed by atoms with van der Waals surface area (Å²) in [5.74, 6) is -1.37. The molecule has 0 aromatic carbocycles. The summed E-state index contributed by atoms with van der Waals surface area (Å²) < 4.78 is 2.01. The van der Waals surface area contributed by atoms with E-state index in [0.29, 0.717) is 22.7 Å². The number of amides is 1. The van der Waals surface area contributed by atoms with E-state index in [4.69, 9.17) is 0 Å². The lowest BCUT2D eigenvalue weighted by molar-refractivity contribution is -0.125. The standard InChI is InChI=1S/C20H22N4O2S/c1-6-7-24-12(2)8-14(13(24)3)17(25)11-27-19-16(10-22)20(4,5)15(9-21)18(26)23-19/h6,8,15H,1,7,11H2,2-5H3,(H,23,26)/t15-/m1/s1. The Morgan fingerprint density at radius 3 is 2.67 bits per heavy atom. The predicted molar refractivity (Wildman–Crippen MR) is 105 cm³/mol. The minimum Gasteiger partial charge on any atom is -0.345 e. The number of aromatic nitrogens is 1. The molecule has 0 unspecified atom stereocenters. The Balaban J connectivity index is 2.27. The number of Topliss-reactive ketones (excluding diaryl/α,β-unsaturated/α-hetero) is 1. The second kappa shape index (κ2) is 7.85. The fourth-order valence-corrected chi connectivity index (χ4v) is 4.30. The molecule has 0 radical (unpaired) electrons. The van der Waals surface area contributed by atoms with Crippen LogP contribution in [0.15, 0.2) is 29.3 Å². The number of ketones is 1. The number of nitriles is 2. The van der Waals surface area contributed by atoms with Gasteiger partial charge in [0.25, 0.3) is 0 Å². The summed E-state index contributed by atoms with van der Waals surface area (Å²) in [4.78, 5) is 24.9. The molecule has 1 N–H and O–H groups in total. The van der Waals surface area contributed by atoms with E-state index in [1.807, 2.05) is 30.6 Å². The van der Waals surface area contributed by atoms with Crippen LogP contribution in [0.2, 0.25) is 0 Å². The molecule has 1 aliphatic heterocycles. The number of nitrogens with one attached hydrogen (secondary N) is 1. The normalized spacial score (nSPS) is 18.4. The van der Waals surface area contributed by atoms with Crippen molar-refractivity contribution >= 4 is 23.5 Å². The second-order valence-corrected chi connectivity index (χ2v) is 7.97. The maximum Gasteiger partial charge on any atom is 0.243 e. The molecule has 0 bridgehead atoms. The van der Waals surface area contributed by atoms with Crippen LogP contribution in [0, 0.1) is 47.8 Å². The number of thioether (sulfide) groups is 1. The van der Waals surface area contributed by atoms with Gasteiger partial charge < -0.3 is 9.88 Å². The molecule has 0 fully saturated rings. The molecule has 140 valence electrons. The molecule has 0 aliphatic carbocycles. The molecular formula is C20H22N4O2S. The van der Waals surface area contributed by atoms with Gasteiger partial charge in [-0.3, -0.25) is 9.59 Å². The van der Waals surface area contributed by atoms with E-state index >= 15 is 0 Å². The Labute approximate surface area is 163 Å². The maximum atomic E-state index is 12.7. The smallest absolute Gasteiger partial charge is 0.243 e. The number of rotatable bonds is 6. The Bertz CT molecular complexity index is 925. The van der Waals surface area contributed by atoms with Gasteiger partial charge in [-0.1, -0.05) is 31.7 Å². The minimum absolute atomic E-state index is 0.0809. The summed E-state index contributed by atoms with van der Waals surface area (Å²) in [7, 11) is 0. The third-order valence-corrected chi connectivity index (χ3v) is 5.87. The van der Waals surface area contributed by atoms with Crippen LogP contribution in [-0.4, -0.2) is 22.0 Å². The maximum absolute atomic E-state index is 12.7. The van der Waals surface area contributed by atoms with Gasteiger partial charge in [0.1, 0.15) is 5.92 Å². The molecule has 27 heavy (non-hydrogen) atoms. The van der Waals surface area contributed by atoms with Crippen LogP contribution < -0.4 is 5.32 Å². The van der Waals surface area contributed by atoms with E-state index in [9.17, 15) is 20.1 Å². The fourth-order valence-electron chi connectivity index (χ4n) is 3.24. The third kappa shape index (κ3) is 3.70. The van der Waals surface area contributed by atoms with Gasteiger partial charge in [0.15, 0.2) is 5.78 Å². The number of hydrogen-bond donors (Lipinski definition) is 1. The van der Waals surface area contributed by atoms with E-state index < -0.39 is 17.2 Å². The molecule has 1 amide bonds. The predicted octanol–water partition coefficient (Wildman–Crippen LogP) is 3.24. The molecule has 0 saturated heterocycles. The number of nitrogens with zero attached hydrogens (tertiary/aromatic N) is 3. The number of carbonyl (C=O) groups excluding carboxylic acids is 2. The Hall–Kier alpha value is -2.77. The number of aryl methyl sites for hydroxylation is 1. The summed E-state index contributed by atoms with van der Waals surface area (Å²) >= 11 is 1.13. The van der Waals surface area contributed by atoms with Crippen molar-refractivity contribution in [2.45, 2.75) is 34.2 Å². The number of hydrogen-bond acceptors (Lipinski definition) is 5. The van der Waals surface area contributed by atoms with Gasteiger partial charge in [-0.25, -0.2) is 0 Å². The number of carbonyl (C=O) groups is 2. The first kappa shape index (κ1) is 20.5. The van der Waals surface area contributed by atoms with Crippen molar-refractivity contribution in [2.75, 3.05) is 5.75 Å². The molecule has 0 saturated carbocycles. The van der Waals surface area contributed by atoms with E-state index in [-0.39, 0.29) is 11.5 Å². The van der Waals surface area contributed by atoms with Crippen LogP contribution in [0.4, 0.5) is 0 Å². The van der Waals surface area contributed by atoms with Crippen molar-refractivity contribution in [1.82, 2.24) is 9.88 Å². The second-order valence-electron chi connectivity index (χ2n) is 6.98. The highest BCUT2D eigenvalue weighted by molar-refractivity contribution is 8.03. The van der Waals surface area contributed by atoms with Crippen LogP contribution in [0.1, 0.15) is 35.6 Å². The summed E-state index contributed by atoms with van der Waals surface area (Å²) in [6.07, 6.45) is 1.78. The molecule has 1 aliphatic rings. The quantitative estimate of drug-likeness (QED) is 0.601. The SMILES string of the molecule is C=CCn1c(C)cc(C(=O)CSC2=C(C#N)C(C)(C)[C@H](C#N)C(=O)N2)c1C. The Kier molecular flexibility index (Phi) is 5.98. The largest absolute Gasteiger partial charge is 0.345 e. The zero-order valence-electron chi connectivity index (χ0n) is 15.9. The van der Waals surface area contributed by atoms with Gasteiger partial charge in [0.2, 0.25) is 5.91 Å². The van der Waals surface area contributed by atoms with Crippen molar-refractivity contribution < 1.29 is 9.59 Å². The van der Waals surface area contributed by atoms with Gasteiger partial charge in [-0.05, 0) is 19.9 Å². The van der Waals surface area contributed by atoms with E-state index in [1.54, 1.807) is 19.9 Å². The first-order valence-corrected chi connectivity index (χ1v) is 9.46. The fraction of sp³-hybridized carbons (Fsp3) is 0.400. The Morgan fingerprint density at radius 1 is 1.44 bits per heavy atom. The van der Waals surface area contributed by atoms with Crippen LogP contribution in [0.25, 0.3) is 0 Å². The van der Waals surface area contributed by atoms with E-state index in [2.05, 4.69) is 18.0 Å². The third-order valence-electron chi connectivity index (χ3n) is 4.87. The van der Waals surface area contributed by atoms with E-state index in [0.717, 1.165) is 23.1 Å². The molecule has 1 atom stereocenters. The first-order valence-electron chi connectivity index (χ1n) is 8.48. The van der Waals surface area contributed by atoms with E-state index in [1.165, 1.54) is 0 Å². The van der Waals surface area contributed by atoms with Crippen molar-refractivity contribution in [3.05, 3.63) is 46.3 Å². The summed E-state index contributed by atoms with van der Waals surface area (Å²) in [5.41, 5.74) is 1.88. The van der Waals surface area contributed by atoms with Crippen molar-refractivity contribution in [2.24, 2.45) is 11.3 Å². The lowest BCUT2D eigenvalue weighted by Gasteiger charge is -2.34. The zero-order chi connectivity index (χ0) is 20.4. The Morgan fingerprint density at radius 2 is 2.11 bits per heavy atom. The lowest BCUT2D eigenvalue weighted by Crippen LogP contribution is -2.44. The lowest BCUT2D eigenvalue weighted by atomic mass is 9.72. The average Bonchev–Trinajstić information content (AvgIpc) is 2.87. The van der Waals surface area contributed by atoms with Crippen molar-refractivity contribution in [3.8, 4) is 12.1 Å². The molecule has 2 rings (SSSR count). The molecule has 7 heteroatoms. The monoisotopic (exact) mass is 382 g/mol. The highest BCUT2D eigenvalue weighted by atomic mass is 32.2. The average molecular weight is 382 g/mol. The van der Waals surface area contributed by atoms with Crippen molar-refractivity contribution in [3.63, 3.8) is 0 Å². The van der Waals surface area contributed by atoms with Gasteiger partial charge in [0, 0.05) is 28.9 Å². The molecule has 2 heterocycles. The van der Waals surface area contributed by atoms with Gasteiger partial charge >= 0.3 is 0 Å². The van der Waals surface area contributed by atoms with Gasteiger partial charge in [0.05, 0.1) is 28.5 Å². The van der Waals surface area contributed by atoms with Crippen molar-refractivity contribution in [1.29, 1.82) is 10.5 Å². The highest BCUT2D eigenvalue weighted by Crippen LogP contribution is 2.41. The van der Waals surface area contributed by atoms with Gasteiger partial charge in [-0.15, -0.1) is 6.58 Å². The highest BCUT2D eigenvalue weighted by Gasteiger charge is 2.44. The number of allylic oxidation sites excluding steroid dienone is 2. The van der Waals surface area contributed by atoms with Gasteiger partial charge in [-0.2, -0.15) is 10.5 Å². The van der Waals surface area contributed by atoms with Crippen LogP contribution in [0.3, 0.4) is 0 Å². The molecule has 6 nitrogen and oxygen atoms in total. The summed E-state index contributed by atoms with van der Waals surface area (Å²) in [5, 5.41) is 21.8. The molecule has 0 spiro atoms. The zero-order valence-corrected chi connectivity index (χ0v) is 16.7. The molecule has 1 aromatic heterocycles. The minimum atomic E-state index is -0.940. The van der Waals surface area contributed by atoms with Crippen LogP contribution in [0.5, 0.6) is 0 Å². The first-order chi connectivity index (χ1) is 12.7. The summed E-state index contributed by atoms with van der Waals surface area (Å²) in [6.45, 7) is 11.6. The topological polar surface area (TPSA) is 98.7 Å². The molecular weight excluding hydrogens is 360 g/mol.